The highest BCUT2D eigenvalue weighted by Crippen LogP contribution is 2.31. The van der Waals surface area contributed by atoms with Crippen LogP contribution in [0.3, 0.4) is 0 Å². The Kier molecular flexibility index (Phi) is 7.83. The van der Waals surface area contributed by atoms with E-state index in [4.69, 9.17) is 4.74 Å². The fourth-order valence-electron chi connectivity index (χ4n) is 4.42. The number of nitrogens with zero attached hydrogens (tertiary/aromatic N) is 1. The topological polar surface area (TPSA) is 92.8 Å². The Labute approximate surface area is 202 Å². The summed E-state index contributed by atoms with van der Waals surface area (Å²) in [6.45, 7) is 11.5. The van der Waals surface area contributed by atoms with Crippen molar-refractivity contribution in [2.75, 3.05) is 25.0 Å². The largest absolute Gasteiger partial charge is 0.455 e. The van der Waals surface area contributed by atoms with Crippen LogP contribution in [0.2, 0.25) is 0 Å². The minimum Gasteiger partial charge on any atom is -0.455 e. The predicted octanol–water partition coefficient (Wildman–Crippen LogP) is 4.12. The SMILES string of the molecule is Cc1ccc(NC(=O)COC(=O)C2CCN(S(=O)(=O)c3c(C)c(C)cc(C)c3C)CC2)c(C)c1. The summed E-state index contributed by atoms with van der Waals surface area (Å²) in [5.74, 6) is -1.30. The van der Waals surface area contributed by atoms with Crippen LogP contribution in [-0.2, 0) is 24.3 Å². The molecule has 184 valence electrons. The third-order valence-electron chi connectivity index (χ3n) is 6.68. The lowest BCUT2D eigenvalue weighted by Crippen LogP contribution is -2.41. The Bertz CT molecular complexity index is 1190. The Morgan fingerprint density at radius 1 is 0.941 bits per heavy atom. The third kappa shape index (κ3) is 5.50. The number of aryl methyl sites for hydroxylation is 4. The maximum atomic E-state index is 13.4. The van der Waals surface area contributed by atoms with Crippen molar-refractivity contribution in [1.29, 1.82) is 0 Å². The smallest absolute Gasteiger partial charge is 0.309 e. The summed E-state index contributed by atoms with van der Waals surface area (Å²) in [5.41, 5.74) is 6.13. The van der Waals surface area contributed by atoms with Gasteiger partial charge in [-0.3, -0.25) is 9.59 Å². The van der Waals surface area contributed by atoms with E-state index in [-0.39, 0.29) is 19.7 Å². The van der Waals surface area contributed by atoms with E-state index in [9.17, 15) is 18.0 Å². The minimum atomic E-state index is -3.67. The number of hydrogen-bond acceptors (Lipinski definition) is 5. The van der Waals surface area contributed by atoms with Crippen molar-refractivity contribution < 1.29 is 22.7 Å². The second-order valence-electron chi connectivity index (χ2n) is 9.24. The van der Waals surface area contributed by atoms with Gasteiger partial charge in [0, 0.05) is 18.8 Å². The van der Waals surface area contributed by atoms with E-state index >= 15 is 0 Å². The van der Waals surface area contributed by atoms with E-state index < -0.39 is 27.8 Å². The molecule has 0 saturated carbocycles. The van der Waals surface area contributed by atoms with Gasteiger partial charge in [0.15, 0.2) is 6.61 Å². The predicted molar refractivity (Wildman–Crippen MR) is 132 cm³/mol. The van der Waals surface area contributed by atoms with Gasteiger partial charge in [-0.1, -0.05) is 23.8 Å². The number of amides is 1. The summed E-state index contributed by atoms with van der Waals surface area (Å²) in [4.78, 5) is 25.1. The van der Waals surface area contributed by atoms with Crippen LogP contribution in [0.1, 0.15) is 46.2 Å². The van der Waals surface area contributed by atoms with Crippen LogP contribution in [0, 0.1) is 47.5 Å². The molecule has 1 aliphatic rings. The molecule has 3 rings (SSSR count). The lowest BCUT2D eigenvalue weighted by atomic mass is 9.98. The highest BCUT2D eigenvalue weighted by atomic mass is 32.2. The van der Waals surface area contributed by atoms with E-state index in [0.29, 0.717) is 23.4 Å². The first-order chi connectivity index (χ1) is 15.9. The molecule has 8 heteroatoms. The molecule has 0 atom stereocenters. The molecule has 1 fully saturated rings. The zero-order valence-electron chi connectivity index (χ0n) is 20.8. The first-order valence-electron chi connectivity index (χ1n) is 11.5. The zero-order chi connectivity index (χ0) is 25.2. The zero-order valence-corrected chi connectivity index (χ0v) is 21.6. The molecule has 0 unspecified atom stereocenters. The number of piperidine rings is 1. The summed E-state index contributed by atoms with van der Waals surface area (Å²) in [7, 11) is -3.67. The highest BCUT2D eigenvalue weighted by Gasteiger charge is 2.35. The number of ether oxygens (including phenoxy) is 1. The molecule has 1 saturated heterocycles. The summed E-state index contributed by atoms with van der Waals surface area (Å²) >= 11 is 0. The second kappa shape index (κ2) is 10.3. The van der Waals surface area contributed by atoms with E-state index in [1.165, 1.54) is 4.31 Å². The number of nitrogens with one attached hydrogen (secondary N) is 1. The Hall–Kier alpha value is -2.71. The lowest BCUT2D eigenvalue weighted by molar-refractivity contribution is -0.152. The van der Waals surface area contributed by atoms with Crippen LogP contribution in [0.25, 0.3) is 0 Å². The van der Waals surface area contributed by atoms with Crippen molar-refractivity contribution in [1.82, 2.24) is 4.31 Å². The molecule has 7 nitrogen and oxygen atoms in total. The molecular formula is C26H34N2O5S. The highest BCUT2D eigenvalue weighted by molar-refractivity contribution is 7.89. The van der Waals surface area contributed by atoms with Gasteiger partial charge in [0.25, 0.3) is 5.91 Å². The summed E-state index contributed by atoms with van der Waals surface area (Å²) < 4.78 is 33.5. The van der Waals surface area contributed by atoms with Gasteiger partial charge >= 0.3 is 5.97 Å². The standard InChI is InChI=1S/C26H34N2O5S/c1-16-7-8-23(19(4)13-16)27-24(29)15-33-26(30)22-9-11-28(12-10-22)34(31,32)25-20(5)17(2)14-18(3)21(25)6/h7-8,13-14,22H,9-12,15H2,1-6H3,(H,27,29). The average molecular weight is 487 g/mol. The van der Waals surface area contributed by atoms with Crippen molar-refractivity contribution in [2.45, 2.75) is 59.3 Å². The van der Waals surface area contributed by atoms with Crippen molar-refractivity contribution in [3.05, 3.63) is 57.6 Å². The number of hydrogen-bond donors (Lipinski definition) is 1. The average Bonchev–Trinajstić information content (AvgIpc) is 2.78. The molecule has 2 aromatic carbocycles. The second-order valence-corrected chi connectivity index (χ2v) is 11.1. The van der Waals surface area contributed by atoms with Crippen molar-refractivity contribution >= 4 is 27.6 Å². The summed E-state index contributed by atoms with van der Waals surface area (Å²) in [6.07, 6.45) is 0.722. The monoisotopic (exact) mass is 486 g/mol. The van der Waals surface area contributed by atoms with Crippen LogP contribution in [0.15, 0.2) is 29.2 Å². The fourth-order valence-corrected chi connectivity index (χ4v) is 6.47. The molecule has 0 aromatic heterocycles. The van der Waals surface area contributed by atoms with Gasteiger partial charge in [-0.2, -0.15) is 4.31 Å². The van der Waals surface area contributed by atoms with Crippen LogP contribution < -0.4 is 5.32 Å². The van der Waals surface area contributed by atoms with Crippen LogP contribution in [0.4, 0.5) is 5.69 Å². The molecule has 34 heavy (non-hydrogen) atoms. The number of sulfonamides is 1. The van der Waals surface area contributed by atoms with Crippen molar-refractivity contribution in [3.8, 4) is 0 Å². The maximum absolute atomic E-state index is 13.4. The molecule has 1 N–H and O–H groups in total. The molecule has 0 bridgehead atoms. The Balaban J connectivity index is 1.57. The van der Waals surface area contributed by atoms with Crippen LogP contribution >= 0.6 is 0 Å². The number of anilines is 1. The van der Waals surface area contributed by atoms with E-state index in [1.807, 2.05) is 65.8 Å². The molecule has 1 aliphatic heterocycles. The molecule has 0 spiro atoms. The number of benzene rings is 2. The van der Waals surface area contributed by atoms with E-state index in [0.717, 1.165) is 33.4 Å². The van der Waals surface area contributed by atoms with Crippen molar-refractivity contribution in [3.63, 3.8) is 0 Å². The number of esters is 1. The van der Waals surface area contributed by atoms with E-state index in [1.54, 1.807) is 0 Å². The van der Waals surface area contributed by atoms with Gasteiger partial charge in [-0.15, -0.1) is 0 Å². The maximum Gasteiger partial charge on any atom is 0.309 e. The van der Waals surface area contributed by atoms with E-state index in [2.05, 4.69) is 5.32 Å². The first kappa shape index (κ1) is 25.9. The fraction of sp³-hybridized carbons (Fsp3) is 0.462. The van der Waals surface area contributed by atoms with Crippen LogP contribution in [0.5, 0.6) is 0 Å². The quantitative estimate of drug-likeness (QED) is 0.620. The van der Waals surface area contributed by atoms with Gasteiger partial charge in [-0.25, -0.2) is 8.42 Å². The molecular weight excluding hydrogens is 452 g/mol. The van der Waals surface area contributed by atoms with Gasteiger partial charge < -0.3 is 10.1 Å². The van der Waals surface area contributed by atoms with Gasteiger partial charge in [-0.05, 0) is 88.3 Å². The number of carbonyl (C=O) groups excluding carboxylic acids is 2. The first-order valence-corrected chi connectivity index (χ1v) is 13.0. The third-order valence-corrected chi connectivity index (χ3v) is 8.86. The number of carbonyl (C=O) groups is 2. The summed E-state index contributed by atoms with van der Waals surface area (Å²) in [5, 5.41) is 2.76. The van der Waals surface area contributed by atoms with Gasteiger partial charge in [0.1, 0.15) is 0 Å². The van der Waals surface area contributed by atoms with Crippen LogP contribution in [-0.4, -0.2) is 44.3 Å². The lowest BCUT2D eigenvalue weighted by Gasteiger charge is -2.31. The molecule has 2 aromatic rings. The number of rotatable bonds is 6. The molecule has 0 aliphatic carbocycles. The minimum absolute atomic E-state index is 0.239. The molecule has 1 amide bonds. The normalized spacial score (nSPS) is 15.2. The summed E-state index contributed by atoms with van der Waals surface area (Å²) in [6, 6.07) is 7.68. The Morgan fingerprint density at radius 2 is 1.53 bits per heavy atom. The van der Waals surface area contributed by atoms with Gasteiger partial charge in [0.2, 0.25) is 10.0 Å². The van der Waals surface area contributed by atoms with Crippen molar-refractivity contribution in [2.24, 2.45) is 5.92 Å². The Morgan fingerprint density at radius 3 is 2.09 bits per heavy atom. The van der Waals surface area contributed by atoms with Gasteiger partial charge in [0.05, 0.1) is 10.8 Å². The molecule has 1 heterocycles. The molecule has 0 radical (unpaired) electrons.